The van der Waals surface area contributed by atoms with Crippen LogP contribution in [-0.2, 0) is 9.68 Å². The number of alkyl halides is 1. The van der Waals surface area contributed by atoms with E-state index in [2.05, 4.69) is 20.2 Å². The first kappa shape index (κ1) is 7.49. The van der Waals surface area contributed by atoms with E-state index < -0.39 is 5.56 Å². The number of hydrogen-bond donors (Lipinski definition) is 0. The van der Waals surface area contributed by atoms with Gasteiger partial charge in [-0.05, 0) is 6.92 Å². The molecule has 0 saturated carbocycles. The van der Waals surface area contributed by atoms with Crippen molar-refractivity contribution >= 4 is 11.6 Å². The second-order valence-corrected chi connectivity index (χ2v) is 1.61. The van der Waals surface area contributed by atoms with Gasteiger partial charge in [-0.3, -0.25) is 0 Å². The molecule has 0 aromatic carbocycles. The molecule has 48 valence electrons. The van der Waals surface area contributed by atoms with Gasteiger partial charge < -0.3 is 9.68 Å². The maximum absolute atomic E-state index is 5.28. The van der Waals surface area contributed by atoms with Crippen LogP contribution in [-0.4, -0.2) is 12.7 Å². The Morgan fingerprint density at radius 2 is 2.12 bits per heavy atom. The average molecular weight is 139 g/mol. The van der Waals surface area contributed by atoms with Gasteiger partial charge >= 0.3 is 0 Å². The summed E-state index contributed by atoms with van der Waals surface area (Å²) >= 11 is 5.28. The average Bonchev–Trinajstić information content (AvgIpc) is 1.66. The zero-order chi connectivity index (χ0) is 6.41. The Labute approximate surface area is 52.4 Å². The Kier molecular flexibility index (Phi) is 4.35. The molecule has 0 aliphatic rings. The minimum atomic E-state index is -0.464. The molecule has 0 heterocycles. The fourth-order valence-electron chi connectivity index (χ4n) is 0.118. The maximum Gasteiger partial charge on any atom is 0.199 e. The largest absolute Gasteiger partial charge is 0.380 e. The van der Waals surface area contributed by atoms with Gasteiger partial charge in [-0.2, -0.15) is 0 Å². The van der Waals surface area contributed by atoms with Gasteiger partial charge in [0, 0.05) is 0 Å². The van der Waals surface area contributed by atoms with Crippen LogP contribution in [0.25, 0.3) is 0 Å². The normalized spacial score (nSPS) is 13.9. The third-order valence-electron chi connectivity index (χ3n) is 0.307. The lowest BCUT2D eigenvalue weighted by molar-refractivity contribution is 0.0530. The van der Waals surface area contributed by atoms with Crippen molar-refractivity contribution in [3.8, 4) is 0 Å². The van der Waals surface area contributed by atoms with Crippen molar-refractivity contribution in [1.82, 2.24) is 0 Å². The van der Waals surface area contributed by atoms with E-state index in [-0.39, 0.29) is 0 Å². The summed E-state index contributed by atoms with van der Waals surface area (Å²) in [7, 11) is 1.37. The standard InChI is InChI=1S/C3H7ClN2O2/c1-3(4)8-6-5-7-2/h3H,1-2H3/b6-5-. The van der Waals surface area contributed by atoms with Gasteiger partial charge in [-0.25, -0.2) is 0 Å². The zero-order valence-electron chi connectivity index (χ0n) is 4.67. The number of rotatable bonds is 3. The van der Waals surface area contributed by atoms with Gasteiger partial charge in [0.05, 0.1) is 10.6 Å². The third kappa shape index (κ3) is 5.49. The SMILES string of the molecule is CO/N=N\OC(C)Cl. The van der Waals surface area contributed by atoms with Crippen LogP contribution in [0.3, 0.4) is 0 Å². The maximum atomic E-state index is 5.28. The topological polar surface area (TPSA) is 43.2 Å². The van der Waals surface area contributed by atoms with Crippen LogP contribution >= 0.6 is 11.6 Å². The number of nitrogens with zero attached hydrogens (tertiary/aromatic N) is 2. The first-order chi connectivity index (χ1) is 3.77. The molecule has 5 heteroatoms. The van der Waals surface area contributed by atoms with E-state index in [1.165, 1.54) is 7.11 Å². The van der Waals surface area contributed by atoms with Gasteiger partial charge in [0.15, 0.2) is 5.56 Å². The molecule has 0 aliphatic carbocycles. The number of halogens is 1. The lowest BCUT2D eigenvalue weighted by atomic mass is 10.9. The molecule has 0 aromatic heterocycles. The van der Waals surface area contributed by atoms with Gasteiger partial charge in [0.2, 0.25) is 0 Å². The monoisotopic (exact) mass is 138 g/mol. The molecule has 1 atom stereocenters. The molecule has 0 amide bonds. The van der Waals surface area contributed by atoms with Crippen LogP contribution in [0.15, 0.2) is 10.6 Å². The van der Waals surface area contributed by atoms with Gasteiger partial charge in [-0.15, -0.1) is 0 Å². The molecule has 4 nitrogen and oxygen atoms in total. The Hall–Kier alpha value is -0.510. The molecule has 0 rings (SSSR count). The fraction of sp³-hybridized carbons (Fsp3) is 1.00. The van der Waals surface area contributed by atoms with Gasteiger partial charge in [0.1, 0.15) is 7.11 Å². The fourth-order valence-corrected chi connectivity index (χ4v) is 0.153. The highest BCUT2D eigenvalue weighted by atomic mass is 35.5. The second kappa shape index (κ2) is 4.64. The van der Waals surface area contributed by atoms with E-state index >= 15 is 0 Å². The van der Waals surface area contributed by atoms with Crippen molar-refractivity contribution in [2.24, 2.45) is 10.6 Å². The van der Waals surface area contributed by atoms with E-state index in [1.807, 2.05) is 0 Å². The van der Waals surface area contributed by atoms with Crippen molar-refractivity contribution in [2.45, 2.75) is 12.5 Å². The summed E-state index contributed by atoms with van der Waals surface area (Å²) in [6, 6.07) is 0. The Morgan fingerprint density at radius 1 is 1.50 bits per heavy atom. The molecule has 0 fully saturated rings. The minimum absolute atomic E-state index is 0.464. The van der Waals surface area contributed by atoms with E-state index in [1.54, 1.807) is 6.92 Å². The van der Waals surface area contributed by atoms with Crippen LogP contribution in [0.5, 0.6) is 0 Å². The Bertz CT molecular complexity index is 75.7. The molecule has 0 radical (unpaired) electrons. The predicted molar refractivity (Wildman–Crippen MR) is 28.3 cm³/mol. The molecule has 0 aromatic rings. The predicted octanol–water partition coefficient (Wildman–Crippen LogP) is 1.52. The van der Waals surface area contributed by atoms with Crippen LogP contribution < -0.4 is 0 Å². The summed E-state index contributed by atoms with van der Waals surface area (Å²) in [5.74, 6) is 0. The quantitative estimate of drug-likeness (QED) is 0.337. The summed E-state index contributed by atoms with van der Waals surface area (Å²) in [5, 5.41) is 6.09. The van der Waals surface area contributed by atoms with Crippen LogP contribution in [0.2, 0.25) is 0 Å². The summed E-state index contributed by atoms with van der Waals surface area (Å²) in [6.45, 7) is 1.62. The summed E-state index contributed by atoms with van der Waals surface area (Å²) in [6.07, 6.45) is 0. The molecule has 1 unspecified atom stereocenters. The highest BCUT2D eigenvalue weighted by Crippen LogP contribution is 1.95. The smallest absolute Gasteiger partial charge is 0.199 e. The molecule has 0 saturated heterocycles. The van der Waals surface area contributed by atoms with E-state index in [9.17, 15) is 0 Å². The molecule has 0 N–H and O–H groups in total. The second-order valence-electron chi connectivity index (χ2n) is 0.994. The first-order valence-electron chi connectivity index (χ1n) is 2.00. The molecular weight excluding hydrogens is 131 g/mol. The summed E-state index contributed by atoms with van der Waals surface area (Å²) in [5.41, 5.74) is -0.464. The number of hydrogen-bond acceptors (Lipinski definition) is 4. The zero-order valence-corrected chi connectivity index (χ0v) is 5.42. The van der Waals surface area contributed by atoms with Crippen molar-refractivity contribution in [1.29, 1.82) is 0 Å². The molecule has 0 aliphatic heterocycles. The van der Waals surface area contributed by atoms with Gasteiger partial charge in [0.25, 0.3) is 0 Å². The highest BCUT2D eigenvalue weighted by molar-refractivity contribution is 6.19. The summed E-state index contributed by atoms with van der Waals surface area (Å²) < 4.78 is 0. The summed E-state index contributed by atoms with van der Waals surface area (Å²) in [4.78, 5) is 8.55. The van der Waals surface area contributed by atoms with Crippen LogP contribution in [0, 0.1) is 0 Å². The van der Waals surface area contributed by atoms with Crippen molar-refractivity contribution < 1.29 is 9.68 Å². The molecular formula is C3H7ClN2O2. The lowest BCUT2D eigenvalue weighted by Crippen LogP contribution is -1.89. The van der Waals surface area contributed by atoms with Crippen LogP contribution in [0.1, 0.15) is 6.92 Å². The van der Waals surface area contributed by atoms with Gasteiger partial charge in [-0.1, -0.05) is 11.6 Å². The van der Waals surface area contributed by atoms with E-state index in [0.29, 0.717) is 0 Å². The van der Waals surface area contributed by atoms with Crippen LogP contribution in [0.4, 0.5) is 0 Å². The Balaban J connectivity index is 3.03. The van der Waals surface area contributed by atoms with E-state index in [4.69, 9.17) is 11.6 Å². The van der Waals surface area contributed by atoms with Crippen molar-refractivity contribution in [3.05, 3.63) is 0 Å². The van der Waals surface area contributed by atoms with Crippen molar-refractivity contribution in [3.63, 3.8) is 0 Å². The Morgan fingerprint density at radius 3 is 2.50 bits per heavy atom. The highest BCUT2D eigenvalue weighted by Gasteiger charge is 1.89. The first-order valence-corrected chi connectivity index (χ1v) is 2.44. The van der Waals surface area contributed by atoms with Crippen molar-refractivity contribution in [2.75, 3.05) is 7.11 Å². The molecule has 0 bridgehead atoms. The minimum Gasteiger partial charge on any atom is -0.380 e. The molecule has 8 heavy (non-hydrogen) atoms. The third-order valence-corrected chi connectivity index (χ3v) is 0.387. The van der Waals surface area contributed by atoms with E-state index in [0.717, 1.165) is 0 Å². The lowest BCUT2D eigenvalue weighted by Gasteiger charge is -1.94. The molecule has 0 spiro atoms.